The molecule has 4 aromatic rings. The number of alkyl halides is 4. The van der Waals surface area contributed by atoms with Crippen LogP contribution in [0.15, 0.2) is 18.2 Å². The second-order valence-corrected chi connectivity index (χ2v) is 13.6. The number of rotatable bonds is 7. The van der Waals surface area contributed by atoms with Crippen LogP contribution in [0.25, 0.3) is 32.2 Å². The van der Waals surface area contributed by atoms with Crippen LogP contribution in [-0.4, -0.2) is 94.6 Å². The summed E-state index contributed by atoms with van der Waals surface area (Å²) in [6.07, 6.45) is -3.96. The molecule has 3 fully saturated rings. The van der Waals surface area contributed by atoms with E-state index < -0.39 is 41.0 Å². The third-order valence-corrected chi connectivity index (χ3v) is 10.5. The highest BCUT2D eigenvalue weighted by atomic mass is 32.1. The standard InChI is InChI=1S/C31H31F6N7O3S/c1-15(45)43-9-6-17(13-43)42(2)27-19-10-21(47-31(35,36)37)22(18-4-5-20(33)26-25(18)39-28(38)48-26)23(34)24(19)40-29(41-27)46-14-30-7-3-8-44(30)12-16(32)11-30/h4-5,10,16-17H,3,6-9,11-14H2,1-2H3,(H2,38,39). The van der Waals surface area contributed by atoms with Crippen molar-refractivity contribution >= 4 is 49.3 Å². The number of nitrogens with two attached hydrogens (primary N) is 1. The van der Waals surface area contributed by atoms with Crippen LogP contribution in [-0.2, 0) is 4.79 Å². The topological polar surface area (TPSA) is 110 Å². The fourth-order valence-corrected chi connectivity index (χ4v) is 8.08. The third-order valence-electron chi connectivity index (χ3n) is 9.58. The van der Waals surface area contributed by atoms with Gasteiger partial charge in [0.25, 0.3) is 0 Å². The van der Waals surface area contributed by atoms with Crippen molar-refractivity contribution in [3.8, 4) is 22.9 Å². The second kappa shape index (κ2) is 11.8. The molecule has 7 rings (SSSR count). The quantitative estimate of drug-likeness (QED) is 0.245. The maximum Gasteiger partial charge on any atom is 0.573 e. The van der Waals surface area contributed by atoms with Gasteiger partial charge in [0, 0.05) is 57.0 Å². The van der Waals surface area contributed by atoms with Gasteiger partial charge in [0.1, 0.15) is 35.7 Å². The number of likely N-dealkylation sites (tertiary alicyclic amines) is 1. The number of hydrogen-bond donors (Lipinski definition) is 1. The van der Waals surface area contributed by atoms with E-state index in [1.165, 1.54) is 6.92 Å². The third kappa shape index (κ3) is 5.69. The van der Waals surface area contributed by atoms with Crippen molar-refractivity contribution < 1.29 is 40.6 Å². The van der Waals surface area contributed by atoms with Gasteiger partial charge < -0.3 is 25.0 Å². The summed E-state index contributed by atoms with van der Waals surface area (Å²) in [6, 6.07) is 2.49. The van der Waals surface area contributed by atoms with E-state index in [0.717, 1.165) is 36.0 Å². The summed E-state index contributed by atoms with van der Waals surface area (Å²) >= 11 is 0.762. The molecule has 3 unspecified atom stereocenters. The molecule has 10 nitrogen and oxygen atoms in total. The van der Waals surface area contributed by atoms with E-state index in [1.54, 1.807) is 16.8 Å². The molecule has 5 heterocycles. The smallest absolute Gasteiger partial charge is 0.461 e. The van der Waals surface area contributed by atoms with E-state index in [9.17, 15) is 26.7 Å². The van der Waals surface area contributed by atoms with E-state index in [4.69, 9.17) is 10.5 Å². The van der Waals surface area contributed by atoms with Gasteiger partial charge in [-0.1, -0.05) is 11.3 Å². The highest BCUT2D eigenvalue weighted by Crippen LogP contribution is 2.46. The number of likely N-dealkylation sites (N-methyl/N-ethyl adjacent to an activating group) is 1. The summed E-state index contributed by atoms with van der Waals surface area (Å²) in [5.74, 6) is -2.97. The predicted molar refractivity (Wildman–Crippen MR) is 167 cm³/mol. The Morgan fingerprint density at radius 3 is 2.69 bits per heavy atom. The molecule has 3 saturated heterocycles. The Labute approximate surface area is 274 Å². The first-order valence-electron chi connectivity index (χ1n) is 15.4. The van der Waals surface area contributed by atoms with Crippen molar-refractivity contribution in [3.63, 3.8) is 0 Å². The lowest BCUT2D eigenvalue weighted by molar-refractivity contribution is -0.274. The number of amides is 1. The monoisotopic (exact) mass is 695 g/mol. The summed E-state index contributed by atoms with van der Waals surface area (Å²) in [4.78, 5) is 30.3. The lowest BCUT2D eigenvalue weighted by Gasteiger charge is -2.31. The Morgan fingerprint density at radius 2 is 1.96 bits per heavy atom. The van der Waals surface area contributed by atoms with Crippen molar-refractivity contribution in [1.82, 2.24) is 24.8 Å². The van der Waals surface area contributed by atoms with Crippen molar-refractivity contribution in [3.05, 3.63) is 29.8 Å². The van der Waals surface area contributed by atoms with E-state index >= 15 is 4.39 Å². The van der Waals surface area contributed by atoms with Crippen LogP contribution < -0.4 is 20.1 Å². The molecule has 0 spiro atoms. The van der Waals surface area contributed by atoms with Gasteiger partial charge in [-0.3, -0.25) is 9.69 Å². The van der Waals surface area contributed by atoms with Gasteiger partial charge in [-0.25, -0.2) is 18.2 Å². The summed E-state index contributed by atoms with van der Waals surface area (Å²) in [5, 5.41) is -0.190. The number of halogens is 6. The molecule has 2 N–H and O–H groups in total. The van der Waals surface area contributed by atoms with Crippen LogP contribution in [0, 0.1) is 11.6 Å². The minimum Gasteiger partial charge on any atom is -0.461 e. The number of nitrogen functional groups attached to an aromatic ring is 1. The molecule has 0 aliphatic carbocycles. The average Bonchev–Trinajstić information content (AvgIpc) is 3.79. The highest BCUT2D eigenvalue weighted by Gasteiger charge is 2.49. The Kier molecular flexibility index (Phi) is 7.96. The van der Waals surface area contributed by atoms with Crippen molar-refractivity contribution in [2.24, 2.45) is 0 Å². The first-order chi connectivity index (χ1) is 22.7. The molecule has 3 atom stereocenters. The lowest BCUT2D eigenvalue weighted by atomic mass is 9.95. The van der Waals surface area contributed by atoms with Crippen LogP contribution in [0.5, 0.6) is 11.8 Å². The number of hydrogen-bond acceptors (Lipinski definition) is 10. The maximum absolute atomic E-state index is 16.9. The maximum atomic E-state index is 16.9. The first kappa shape index (κ1) is 32.4. The Balaban J connectivity index is 1.41. The molecule has 2 aromatic carbocycles. The molecule has 3 aliphatic heterocycles. The minimum atomic E-state index is -5.24. The predicted octanol–water partition coefficient (Wildman–Crippen LogP) is 5.68. The molecule has 0 bridgehead atoms. The molecule has 17 heteroatoms. The molecular weight excluding hydrogens is 664 g/mol. The summed E-state index contributed by atoms with van der Waals surface area (Å²) < 4.78 is 98.0. The van der Waals surface area contributed by atoms with E-state index in [-0.39, 0.29) is 75.2 Å². The van der Waals surface area contributed by atoms with Crippen molar-refractivity contribution in [2.45, 2.75) is 56.7 Å². The van der Waals surface area contributed by atoms with Crippen LogP contribution in [0.4, 0.5) is 37.3 Å². The number of fused-ring (bicyclic) bond motifs is 3. The van der Waals surface area contributed by atoms with Crippen LogP contribution in [0.3, 0.4) is 0 Å². The van der Waals surface area contributed by atoms with Crippen molar-refractivity contribution in [1.29, 1.82) is 0 Å². The zero-order chi connectivity index (χ0) is 34.1. The van der Waals surface area contributed by atoms with Gasteiger partial charge in [-0.2, -0.15) is 9.97 Å². The number of aromatic nitrogens is 3. The van der Waals surface area contributed by atoms with Crippen LogP contribution in [0.2, 0.25) is 0 Å². The fraction of sp³-hybridized carbons (Fsp3) is 0.484. The van der Waals surface area contributed by atoms with Gasteiger partial charge >= 0.3 is 12.4 Å². The Morgan fingerprint density at radius 1 is 1.17 bits per heavy atom. The second-order valence-electron chi connectivity index (χ2n) is 12.5. The Hall–Kier alpha value is -4.12. The van der Waals surface area contributed by atoms with Crippen molar-refractivity contribution in [2.75, 3.05) is 50.5 Å². The number of thiazole rings is 1. The number of nitrogens with zero attached hydrogens (tertiary/aromatic N) is 6. The normalized spacial score (nSPS) is 23.0. The largest absolute Gasteiger partial charge is 0.573 e. The summed E-state index contributed by atoms with van der Waals surface area (Å²) in [7, 11) is 1.64. The van der Waals surface area contributed by atoms with Crippen LogP contribution >= 0.6 is 11.3 Å². The SMILES string of the molecule is CC(=O)N1CCC(N(C)c2nc(OCC34CCCN3CC(F)C4)nc3c(F)c(-c4ccc(F)c5sc(N)nc45)c(OC(F)(F)F)cc23)C1. The molecular formula is C31H31F6N7O3S. The van der Waals surface area contributed by atoms with Gasteiger partial charge in [0.15, 0.2) is 10.9 Å². The zero-order valence-corrected chi connectivity index (χ0v) is 26.7. The minimum absolute atomic E-state index is 0.0179. The molecule has 0 saturated carbocycles. The van der Waals surface area contributed by atoms with Gasteiger partial charge in [0.2, 0.25) is 5.91 Å². The zero-order valence-electron chi connectivity index (χ0n) is 25.9. The highest BCUT2D eigenvalue weighted by molar-refractivity contribution is 7.22. The first-order valence-corrected chi connectivity index (χ1v) is 16.2. The number of ether oxygens (including phenoxy) is 2. The lowest BCUT2D eigenvalue weighted by Crippen LogP contribution is -2.43. The average molecular weight is 696 g/mol. The Bertz CT molecular complexity index is 1930. The van der Waals surface area contributed by atoms with E-state index in [2.05, 4.69) is 19.7 Å². The molecule has 2 aromatic heterocycles. The number of benzene rings is 2. The van der Waals surface area contributed by atoms with Gasteiger partial charge in [-0.15, -0.1) is 13.2 Å². The van der Waals surface area contributed by atoms with E-state index in [1.807, 2.05) is 4.90 Å². The van der Waals surface area contributed by atoms with Gasteiger partial charge in [-0.05, 0) is 44.0 Å². The molecule has 0 radical (unpaired) electrons. The van der Waals surface area contributed by atoms with E-state index in [0.29, 0.717) is 32.5 Å². The summed E-state index contributed by atoms with van der Waals surface area (Å²) in [6.45, 7) is 3.18. The summed E-state index contributed by atoms with van der Waals surface area (Å²) in [5.41, 5.74) is 3.83. The number of anilines is 2. The number of carbonyl (C=O) groups is 1. The molecule has 256 valence electrons. The molecule has 3 aliphatic rings. The van der Waals surface area contributed by atoms with Gasteiger partial charge in [0.05, 0.1) is 21.3 Å². The molecule has 48 heavy (non-hydrogen) atoms. The van der Waals surface area contributed by atoms with Crippen LogP contribution in [0.1, 0.15) is 32.6 Å². The molecule has 1 amide bonds. The fourth-order valence-electron chi connectivity index (χ4n) is 7.32. The number of carbonyl (C=O) groups excluding carboxylic acids is 1.